The normalized spacial score (nSPS) is 15.5. The number of rotatable bonds is 5. The first-order valence-electron chi connectivity index (χ1n) is 5.82. The van der Waals surface area contributed by atoms with E-state index in [1.165, 1.54) is 41.9 Å². The predicted octanol–water partition coefficient (Wildman–Crippen LogP) is 5.18. The molecule has 0 fully saturated rings. The summed E-state index contributed by atoms with van der Waals surface area (Å²) >= 11 is 4.11. The van der Waals surface area contributed by atoms with Crippen LogP contribution in [-0.2, 0) is 0 Å². The Hall–Kier alpha value is -0.0800. The summed E-state index contributed by atoms with van der Waals surface area (Å²) in [4.78, 5) is 2.98. The first kappa shape index (κ1) is 11.4. The first-order valence-corrected chi connectivity index (χ1v) is 7.58. The van der Waals surface area contributed by atoms with Gasteiger partial charge < -0.3 is 0 Å². The van der Waals surface area contributed by atoms with Crippen LogP contribution < -0.4 is 0 Å². The molecule has 0 unspecified atom stereocenters. The smallest absolute Gasteiger partial charge is 0.0597 e. The van der Waals surface area contributed by atoms with Crippen LogP contribution in [0, 0.1) is 0 Å². The zero-order valence-corrected chi connectivity index (χ0v) is 10.9. The van der Waals surface area contributed by atoms with E-state index in [0.717, 1.165) is 4.58 Å². The Morgan fingerprint density at radius 2 is 1.67 bits per heavy atom. The fourth-order valence-electron chi connectivity index (χ4n) is 1.81. The molecule has 1 aliphatic rings. The van der Waals surface area contributed by atoms with E-state index in [1.54, 1.807) is 0 Å². The molecule has 82 valence electrons. The van der Waals surface area contributed by atoms with Gasteiger partial charge in [-0.2, -0.15) is 0 Å². The maximum atomic E-state index is 2.27. The molecule has 0 amide bonds. The second kappa shape index (κ2) is 5.86. The molecule has 15 heavy (non-hydrogen) atoms. The maximum absolute atomic E-state index is 2.27. The largest absolute Gasteiger partial charge is 0.110 e. The molecular formula is C13H18S2. The van der Waals surface area contributed by atoms with Gasteiger partial charge in [0.1, 0.15) is 0 Å². The molecule has 0 saturated carbocycles. The summed E-state index contributed by atoms with van der Waals surface area (Å²) in [6.45, 7) is 2.27. The monoisotopic (exact) mass is 238 g/mol. The molecule has 1 heterocycles. The molecule has 2 rings (SSSR count). The van der Waals surface area contributed by atoms with Gasteiger partial charge in [0, 0.05) is 9.79 Å². The summed E-state index contributed by atoms with van der Waals surface area (Å²) in [6, 6.07) is 8.79. The van der Waals surface area contributed by atoms with Gasteiger partial charge in [-0.3, -0.25) is 0 Å². The lowest BCUT2D eigenvalue weighted by molar-refractivity contribution is 0.653. The average molecular weight is 238 g/mol. The van der Waals surface area contributed by atoms with Crippen LogP contribution in [0.2, 0.25) is 0 Å². The third-order valence-electron chi connectivity index (χ3n) is 2.66. The van der Waals surface area contributed by atoms with E-state index in [-0.39, 0.29) is 0 Å². The van der Waals surface area contributed by atoms with Crippen molar-refractivity contribution in [1.82, 2.24) is 0 Å². The van der Waals surface area contributed by atoms with Gasteiger partial charge in [-0.15, -0.1) is 23.5 Å². The minimum absolute atomic E-state index is 0.777. The van der Waals surface area contributed by atoms with Crippen LogP contribution in [0.1, 0.15) is 39.0 Å². The average Bonchev–Trinajstić information content (AvgIpc) is 2.67. The Bertz CT molecular complexity index is 284. The molecule has 0 bridgehead atoms. The van der Waals surface area contributed by atoms with Crippen LogP contribution in [0.3, 0.4) is 0 Å². The predicted molar refractivity (Wildman–Crippen MR) is 70.7 cm³/mol. The third-order valence-corrected chi connectivity index (χ3v) is 5.58. The second-order valence-electron chi connectivity index (χ2n) is 3.96. The lowest BCUT2D eigenvalue weighted by atomic mass is 10.2. The number of thioether (sulfide) groups is 2. The van der Waals surface area contributed by atoms with Gasteiger partial charge in [-0.25, -0.2) is 0 Å². The van der Waals surface area contributed by atoms with E-state index < -0.39 is 0 Å². The molecule has 0 spiro atoms. The molecule has 0 N–H and O–H groups in total. The van der Waals surface area contributed by atoms with Crippen LogP contribution in [0.25, 0.3) is 0 Å². The summed E-state index contributed by atoms with van der Waals surface area (Å²) in [5.74, 6) is 0. The third kappa shape index (κ3) is 3.18. The molecule has 0 radical (unpaired) electrons. The van der Waals surface area contributed by atoms with Crippen LogP contribution in [0.5, 0.6) is 0 Å². The van der Waals surface area contributed by atoms with Crippen LogP contribution >= 0.6 is 23.5 Å². The number of hydrogen-bond donors (Lipinski definition) is 0. The van der Waals surface area contributed by atoms with Gasteiger partial charge in [-0.1, -0.05) is 44.7 Å². The van der Waals surface area contributed by atoms with Crippen molar-refractivity contribution >= 4 is 23.5 Å². The molecule has 0 atom stereocenters. The van der Waals surface area contributed by atoms with Crippen molar-refractivity contribution in [3.8, 4) is 0 Å². The summed E-state index contributed by atoms with van der Waals surface area (Å²) in [6.07, 6.45) is 6.90. The minimum Gasteiger partial charge on any atom is -0.110 e. The molecule has 0 saturated heterocycles. The molecule has 1 aliphatic heterocycles. The van der Waals surface area contributed by atoms with Crippen LogP contribution in [0.4, 0.5) is 0 Å². The Morgan fingerprint density at radius 1 is 1.00 bits per heavy atom. The van der Waals surface area contributed by atoms with E-state index in [0.29, 0.717) is 0 Å². The van der Waals surface area contributed by atoms with Gasteiger partial charge in [0.25, 0.3) is 0 Å². The summed E-state index contributed by atoms with van der Waals surface area (Å²) < 4.78 is 0.777. The topological polar surface area (TPSA) is 0 Å². The van der Waals surface area contributed by atoms with Crippen molar-refractivity contribution in [2.75, 3.05) is 0 Å². The highest BCUT2D eigenvalue weighted by atomic mass is 32.2. The Kier molecular flexibility index (Phi) is 4.45. The van der Waals surface area contributed by atoms with Crippen molar-refractivity contribution in [2.24, 2.45) is 0 Å². The second-order valence-corrected chi connectivity index (χ2v) is 6.75. The van der Waals surface area contributed by atoms with E-state index >= 15 is 0 Å². The number of hydrogen-bond acceptors (Lipinski definition) is 2. The molecule has 1 aromatic carbocycles. The maximum Gasteiger partial charge on any atom is 0.0597 e. The van der Waals surface area contributed by atoms with Gasteiger partial charge in [0.15, 0.2) is 0 Å². The standard InChI is InChI=1S/C13H18S2/c1-2-3-4-5-10-13-14-11-8-6-7-9-12(11)15-13/h6-9,13H,2-5,10H2,1H3. The zero-order valence-electron chi connectivity index (χ0n) is 9.24. The van der Waals surface area contributed by atoms with Crippen molar-refractivity contribution < 1.29 is 0 Å². The highest BCUT2D eigenvalue weighted by molar-refractivity contribution is 8.19. The fraction of sp³-hybridized carbons (Fsp3) is 0.538. The quantitative estimate of drug-likeness (QED) is 0.648. The summed E-state index contributed by atoms with van der Waals surface area (Å²) in [5.41, 5.74) is 0. The summed E-state index contributed by atoms with van der Waals surface area (Å²) in [5, 5.41) is 0. The number of fused-ring (bicyclic) bond motifs is 1. The Balaban J connectivity index is 1.76. The van der Waals surface area contributed by atoms with Crippen molar-refractivity contribution in [3.63, 3.8) is 0 Å². The highest BCUT2D eigenvalue weighted by Crippen LogP contribution is 2.49. The van der Waals surface area contributed by atoms with Crippen molar-refractivity contribution in [2.45, 2.75) is 53.4 Å². The van der Waals surface area contributed by atoms with Crippen molar-refractivity contribution in [3.05, 3.63) is 24.3 Å². The minimum atomic E-state index is 0.777. The Morgan fingerprint density at radius 3 is 2.27 bits per heavy atom. The molecule has 1 aromatic rings. The Labute approximate surface area is 101 Å². The van der Waals surface area contributed by atoms with E-state index in [9.17, 15) is 0 Å². The molecular weight excluding hydrogens is 220 g/mol. The number of unbranched alkanes of at least 4 members (excludes halogenated alkanes) is 3. The first-order chi connectivity index (χ1) is 7.40. The lowest BCUT2D eigenvalue weighted by Crippen LogP contribution is -1.91. The lowest BCUT2D eigenvalue weighted by Gasteiger charge is -2.06. The van der Waals surface area contributed by atoms with E-state index in [1.807, 2.05) is 0 Å². The molecule has 0 aliphatic carbocycles. The summed E-state index contributed by atoms with van der Waals surface area (Å²) in [7, 11) is 0. The molecule has 0 aromatic heterocycles. The van der Waals surface area contributed by atoms with Gasteiger partial charge in [0.2, 0.25) is 0 Å². The van der Waals surface area contributed by atoms with Crippen molar-refractivity contribution in [1.29, 1.82) is 0 Å². The highest BCUT2D eigenvalue weighted by Gasteiger charge is 2.21. The van der Waals surface area contributed by atoms with E-state index in [2.05, 4.69) is 54.7 Å². The van der Waals surface area contributed by atoms with E-state index in [4.69, 9.17) is 0 Å². The molecule has 2 heteroatoms. The zero-order chi connectivity index (χ0) is 10.5. The van der Waals surface area contributed by atoms with Gasteiger partial charge >= 0.3 is 0 Å². The van der Waals surface area contributed by atoms with Crippen LogP contribution in [-0.4, -0.2) is 4.58 Å². The molecule has 0 nitrogen and oxygen atoms in total. The fourth-order valence-corrected chi connectivity index (χ4v) is 4.73. The SMILES string of the molecule is CCCCCCC1Sc2ccccc2S1. The van der Waals surface area contributed by atoms with Gasteiger partial charge in [0.05, 0.1) is 4.58 Å². The number of benzene rings is 1. The van der Waals surface area contributed by atoms with Crippen LogP contribution in [0.15, 0.2) is 34.1 Å². The van der Waals surface area contributed by atoms with Gasteiger partial charge in [-0.05, 0) is 18.6 Å².